The molecule has 0 radical (unpaired) electrons. The molecule has 31 heavy (non-hydrogen) atoms. The van der Waals surface area contributed by atoms with Crippen LogP contribution in [-0.2, 0) is 13.5 Å². The summed E-state index contributed by atoms with van der Waals surface area (Å²) in [6, 6.07) is 2.24. The van der Waals surface area contributed by atoms with E-state index in [4.69, 9.17) is 21.6 Å². The second-order valence-electron chi connectivity index (χ2n) is 7.75. The van der Waals surface area contributed by atoms with Crippen LogP contribution in [0.2, 0.25) is 5.02 Å². The van der Waals surface area contributed by atoms with Gasteiger partial charge in [0.2, 0.25) is 5.88 Å². The number of halogens is 1. The van der Waals surface area contributed by atoms with Crippen LogP contribution in [0.3, 0.4) is 0 Å². The van der Waals surface area contributed by atoms with E-state index in [1.54, 1.807) is 29.2 Å². The summed E-state index contributed by atoms with van der Waals surface area (Å²) in [5.41, 5.74) is 3.96. The normalized spacial score (nSPS) is 15.3. The lowest BCUT2D eigenvalue weighted by molar-refractivity contribution is 0.428. The molecule has 1 aliphatic carbocycles. The Morgan fingerprint density at radius 1 is 1.35 bits per heavy atom. The maximum Gasteiger partial charge on any atom is 0.328 e. The van der Waals surface area contributed by atoms with Crippen LogP contribution in [0.5, 0.6) is 5.88 Å². The fourth-order valence-corrected chi connectivity index (χ4v) is 3.57. The molecule has 0 amide bonds. The van der Waals surface area contributed by atoms with Crippen LogP contribution in [0.25, 0.3) is 11.7 Å². The number of pyridine rings is 1. The highest BCUT2D eigenvalue weighted by molar-refractivity contribution is 6.31. The molecule has 1 saturated carbocycles. The fourth-order valence-electron chi connectivity index (χ4n) is 3.39. The molecule has 0 bridgehead atoms. The van der Waals surface area contributed by atoms with Crippen molar-refractivity contribution in [1.29, 1.82) is 0 Å². The van der Waals surface area contributed by atoms with Crippen molar-refractivity contribution in [3.63, 3.8) is 0 Å². The minimum absolute atomic E-state index is 0.149. The lowest BCUT2D eigenvalue weighted by Crippen LogP contribution is -2.20. The molecule has 2 N–H and O–H groups in total. The first kappa shape index (κ1) is 19.5. The molecule has 0 unspecified atom stereocenters. The third kappa shape index (κ3) is 3.61. The van der Waals surface area contributed by atoms with Crippen molar-refractivity contribution < 1.29 is 5.11 Å². The topological polar surface area (TPSA) is 113 Å². The van der Waals surface area contributed by atoms with E-state index < -0.39 is 5.69 Å². The summed E-state index contributed by atoms with van der Waals surface area (Å²) in [4.78, 5) is 28.2. The Morgan fingerprint density at radius 2 is 2.16 bits per heavy atom. The highest BCUT2D eigenvalue weighted by Crippen LogP contribution is 2.23. The SMILES string of the molecule is Cc1c(Cl)cncc1Cc1cc(=NC2CC2)n2ncc(=Cc3[nH]c(=O)n(C)c3O)c2n1. The maximum atomic E-state index is 11.8. The van der Waals surface area contributed by atoms with Gasteiger partial charge in [0.25, 0.3) is 0 Å². The van der Waals surface area contributed by atoms with E-state index in [1.807, 2.05) is 13.0 Å². The largest absolute Gasteiger partial charge is 0.493 e. The number of aromatic amines is 1. The minimum Gasteiger partial charge on any atom is -0.493 e. The Labute approximate surface area is 181 Å². The molecule has 4 heterocycles. The van der Waals surface area contributed by atoms with Crippen molar-refractivity contribution in [2.75, 3.05) is 0 Å². The summed E-state index contributed by atoms with van der Waals surface area (Å²) in [7, 11) is 1.49. The molecule has 158 valence electrons. The Morgan fingerprint density at radius 3 is 2.87 bits per heavy atom. The smallest absolute Gasteiger partial charge is 0.328 e. The summed E-state index contributed by atoms with van der Waals surface area (Å²) >= 11 is 6.24. The molecule has 0 atom stereocenters. The zero-order valence-electron chi connectivity index (χ0n) is 17.0. The van der Waals surface area contributed by atoms with E-state index in [9.17, 15) is 9.90 Å². The first-order valence-electron chi connectivity index (χ1n) is 9.91. The van der Waals surface area contributed by atoms with Crippen LogP contribution in [0.4, 0.5) is 0 Å². The van der Waals surface area contributed by atoms with Crippen LogP contribution in [0, 0.1) is 6.92 Å². The number of H-pyrrole nitrogens is 1. The molecule has 5 rings (SSSR count). The quantitative estimate of drug-likeness (QED) is 0.495. The average Bonchev–Trinajstić information content (AvgIpc) is 3.42. The lowest BCUT2D eigenvalue weighted by Gasteiger charge is -2.07. The number of imidazole rings is 1. The monoisotopic (exact) mass is 437 g/mol. The predicted octanol–water partition coefficient (Wildman–Crippen LogP) is 1.02. The van der Waals surface area contributed by atoms with Crippen molar-refractivity contribution in [1.82, 2.24) is 29.1 Å². The van der Waals surface area contributed by atoms with Crippen LogP contribution in [0.15, 0.2) is 34.4 Å². The number of fused-ring (bicyclic) bond motifs is 1. The van der Waals surface area contributed by atoms with E-state index in [0.29, 0.717) is 34.0 Å². The number of hydrogen-bond acceptors (Lipinski definition) is 6. The summed E-state index contributed by atoms with van der Waals surface area (Å²) in [5, 5.41) is 15.9. The molecule has 0 saturated heterocycles. The van der Waals surface area contributed by atoms with Gasteiger partial charge in [-0.25, -0.2) is 9.78 Å². The number of nitrogens with one attached hydrogen (secondary N) is 1. The van der Waals surface area contributed by atoms with Crippen LogP contribution in [-0.4, -0.2) is 40.3 Å². The molecule has 0 aliphatic heterocycles. The molecule has 0 spiro atoms. The summed E-state index contributed by atoms with van der Waals surface area (Å²) in [6.45, 7) is 1.96. The van der Waals surface area contributed by atoms with E-state index in [2.05, 4.69) is 15.1 Å². The van der Waals surface area contributed by atoms with Gasteiger partial charge in [-0.3, -0.25) is 14.5 Å². The zero-order chi connectivity index (χ0) is 21.7. The minimum atomic E-state index is -0.401. The van der Waals surface area contributed by atoms with Crippen LogP contribution >= 0.6 is 11.6 Å². The molecule has 1 aliphatic rings. The standard InChI is InChI=1S/C21H20ClN7O2/c1-11-12(8-23-10-16(11)22)5-15-7-18(25-14-3-4-14)29-19(26-15)13(9-24-29)6-17-20(30)28(2)21(31)27-17/h6-10,14,30H,3-5H2,1-2H3,(H,27,31). The Hall–Kier alpha value is -3.46. The second-order valence-corrected chi connectivity index (χ2v) is 8.16. The summed E-state index contributed by atoms with van der Waals surface area (Å²) in [5.74, 6) is -0.149. The van der Waals surface area contributed by atoms with E-state index in [-0.39, 0.29) is 5.88 Å². The van der Waals surface area contributed by atoms with Gasteiger partial charge in [-0.1, -0.05) is 11.6 Å². The van der Waals surface area contributed by atoms with Gasteiger partial charge in [0, 0.05) is 37.1 Å². The van der Waals surface area contributed by atoms with Crippen molar-refractivity contribution in [2.45, 2.75) is 32.2 Å². The lowest BCUT2D eigenvalue weighted by atomic mass is 10.1. The zero-order valence-corrected chi connectivity index (χ0v) is 17.8. The third-order valence-corrected chi connectivity index (χ3v) is 5.81. The van der Waals surface area contributed by atoms with E-state index in [1.165, 1.54) is 7.05 Å². The summed E-state index contributed by atoms with van der Waals surface area (Å²) < 4.78 is 2.83. The van der Waals surface area contributed by atoms with Crippen LogP contribution in [0.1, 0.15) is 35.4 Å². The van der Waals surface area contributed by atoms with Gasteiger partial charge in [0.15, 0.2) is 11.1 Å². The summed E-state index contributed by atoms with van der Waals surface area (Å²) in [6.07, 6.45) is 9.40. The average molecular weight is 438 g/mol. The Kier molecular flexibility index (Phi) is 4.62. The Balaban J connectivity index is 1.70. The highest BCUT2D eigenvalue weighted by atomic mass is 35.5. The van der Waals surface area contributed by atoms with Crippen molar-refractivity contribution in [2.24, 2.45) is 12.0 Å². The maximum absolute atomic E-state index is 11.8. The van der Waals surface area contributed by atoms with Gasteiger partial charge in [-0.05, 0) is 37.0 Å². The molecule has 10 heteroatoms. The van der Waals surface area contributed by atoms with Gasteiger partial charge in [0.1, 0.15) is 5.69 Å². The molecule has 9 nitrogen and oxygen atoms in total. The van der Waals surface area contributed by atoms with Gasteiger partial charge in [-0.2, -0.15) is 9.61 Å². The Bertz CT molecular complexity index is 1490. The van der Waals surface area contributed by atoms with Gasteiger partial charge in [-0.15, -0.1) is 0 Å². The molecule has 4 aromatic rings. The first-order chi connectivity index (χ1) is 14.9. The second kappa shape index (κ2) is 7.35. The molecule has 1 fully saturated rings. The predicted molar refractivity (Wildman–Crippen MR) is 115 cm³/mol. The van der Waals surface area contributed by atoms with Crippen molar-refractivity contribution >= 4 is 23.3 Å². The van der Waals surface area contributed by atoms with Crippen LogP contribution < -0.4 is 16.4 Å². The fraction of sp³-hybridized carbons (Fsp3) is 0.286. The van der Waals surface area contributed by atoms with Crippen molar-refractivity contribution in [3.8, 4) is 5.88 Å². The number of aromatic nitrogens is 6. The first-order valence-corrected chi connectivity index (χ1v) is 10.3. The van der Waals surface area contributed by atoms with Crippen molar-refractivity contribution in [3.05, 3.63) is 73.4 Å². The molecule has 4 aromatic heterocycles. The number of hydrogen-bond donors (Lipinski definition) is 2. The van der Waals surface area contributed by atoms with Gasteiger partial charge < -0.3 is 10.1 Å². The highest BCUT2D eigenvalue weighted by Gasteiger charge is 2.20. The van der Waals surface area contributed by atoms with Gasteiger partial charge >= 0.3 is 5.69 Å². The molecule has 0 aromatic carbocycles. The number of nitrogens with zero attached hydrogens (tertiary/aromatic N) is 6. The third-order valence-electron chi connectivity index (χ3n) is 5.43. The number of rotatable bonds is 4. The van der Waals surface area contributed by atoms with Gasteiger partial charge in [0.05, 0.1) is 23.0 Å². The molecular formula is C21H20ClN7O2. The number of aromatic hydroxyl groups is 1. The van der Waals surface area contributed by atoms with E-state index in [0.717, 1.165) is 39.7 Å². The molecular weight excluding hydrogens is 418 g/mol. The van der Waals surface area contributed by atoms with E-state index >= 15 is 0 Å².